The zero-order chi connectivity index (χ0) is 18.6. The van der Waals surface area contributed by atoms with E-state index in [1.54, 1.807) is 0 Å². The van der Waals surface area contributed by atoms with Crippen LogP contribution in [0.15, 0.2) is 30.3 Å². The zero-order valence-corrected chi connectivity index (χ0v) is 15.9. The Hall–Kier alpha value is -1.92. The molecule has 0 radical (unpaired) electrons. The number of carbonyl (C=O) groups is 2. The highest BCUT2D eigenvalue weighted by molar-refractivity contribution is 5.83. The van der Waals surface area contributed by atoms with Crippen LogP contribution in [0.5, 0.6) is 0 Å². The molecule has 0 bridgehead atoms. The summed E-state index contributed by atoms with van der Waals surface area (Å²) in [4.78, 5) is 29.5. The number of nitrogens with zero attached hydrogens (tertiary/aromatic N) is 2. The van der Waals surface area contributed by atoms with Crippen molar-refractivity contribution >= 4 is 11.8 Å². The van der Waals surface area contributed by atoms with Crippen molar-refractivity contribution in [3.05, 3.63) is 35.9 Å². The molecular formula is C21H30N4O2. The molecule has 27 heavy (non-hydrogen) atoms. The van der Waals surface area contributed by atoms with Gasteiger partial charge in [0.25, 0.3) is 0 Å². The minimum absolute atomic E-state index is 0.0962. The van der Waals surface area contributed by atoms with Crippen LogP contribution < -0.4 is 10.9 Å². The lowest BCUT2D eigenvalue weighted by molar-refractivity contribution is -0.142. The van der Waals surface area contributed by atoms with E-state index in [0.29, 0.717) is 19.0 Å². The van der Waals surface area contributed by atoms with Crippen LogP contribution in [0.3, 0.4) is 0 Å². The topological polar surface area (TPSA) is 64.7 Å². The number of hydrogen-bond acceptors (Lipinski definition) is 4. The molecule has 2 unspecified atom stereocenters. The summed E-state index contributed by atoms with van der Waals surface area (Å²) < 4.78 is 0. The van der Waals surface area contributed by atoms with Crippen LogP contribution in [0.1, 0.15) is 50.1 Å². The second-order valence-electron chi connectivity index (χ2n) is 8.03. The van der Waals surface area contributed by atoms with Gasteiger partial charge in [-0.3, -0.25) is 9.59 Å². The van der Waals surface area contributed by atoms with E-state index >= 15 is 0 Å². The van der Waals surface area contributed by atoms with Gasteiger partial charge in [-0.25, -0.2) is 10.9 Å². The van der Waals surface area contributed by atoms with Gasteiger partial charge in [0.05, 0.1) is 0 Å². The molecule has 0 spiro atoms. The van der Waals surface area contributed by atoms with Crippen LogP contribution in [0.4, 0.5) is 0 Å². The monoisotopic (exact) mass is 370 g/mol. The Morgan fingerprint density at radius 3 is 2.19 bits per heavy atom. The van der Waals surface area contributed by atoms with E-state index in [-0.39, 0.29) is 23.9 Å². The molecule has 0 saturated carbocycles. The van der Waals surface area contributed by atoms with Crippen molar-refractivity contribution in [3.8, 4) is 0 Å². The van der Waals surface area contributed by atoms with Gasteiger partial charge in [-0.15, -0.1) is 0 Å². The molecule has 6 nitrogen and oxygen atoms in total. The smallest absolute Gasteiger partial charge is 0.241 e. The van der Waals surface area contributed by atoms with Crippen molar-refractivity contribution in [2.24, 2.45) is 5.92 Å². The average Bonchev–Trinajstić information content (AvgIpc) is 3.24. The maximum atomic E-state index is 12.9. The first kappa shape index (κ1) is 18.4. The molecule has 3 saturated heterocycles. The maximum absolute atomic E-state index is 12.9. The summed E-state index contributed by atoms with van der Waals surface area (Å²) in [5.41, 5.74) is 7.63. The van der Waals surface area contributed by atoms with Gasteiger partial charge in [-0.05, 0) is 44.1 Å². The van der Waals surface area contributed by atoms with E-state index in [9.17, 15) is 9.59 Å². The average molecular weight is 370 g/mol. The highest BCUT2D eigenvalue weighted by Crippen LogP contribution is 2.26. The van der Waals surface area contributed by atoms with E-state index in [1.807, 2.05) is 28.0 Å². The fourth-order valence-electron chi connectivity index (χ4n) is 4.56. The van der Waals surface area contributed by atoms with Crippen molar-refractivity contribution in [1.82, 2.24) is 20.7 Å². The van der Waals surface area contributed by atoms with E-state index in [0.717, 1.165) is 45.2 Å². The molecule has 4 rings (SSSR count). The molecule has 0 aliphatic carbocycles. The molecule has 2 amide bonds. The molecule has 0 aromatic heterocycles. The molecule has 3 aliphatic rings. The van der Waals surface area contributed by atoms with Crippen molar-refractivity contribution < 1.29 is 9.59 Å². The second kappa shape index (κ2) is 8.40. The number of piperidine rings is 2. The molecule has 6 heteroatoms. The number of hydrazine groups is 1. The second-order valence-corrected chi connectivity index (χ2v) is 8.03. The Morgan fingerprint density at radius 2 is 1.48 bits per heavy atom. The summed E-state index contributed by atoms with van der Waals surface area (Å²) >= 11 is 0. The molecule has 1 aromatic rings. The van der Waals surface area contributed by atoms with Crippen LogP contribution in [0.2, 0.25) is 0 Å². The maximum Gasteiger partial charge on any atom is 0.241 e. The SMILES string of the molecule is O=C(C1CCN(C(=O)C2CC(c3ccccc3)NN2)CC1)N1CCCCC1. The lowest BCUT2D eigenvalue weighted by atomic mass is 9.93. The molecule has 3 fully saturated rings. The van der Waals surface area contributed by atoms with Gasteiger partial charge >= 0.3 is 0 Å². The van der Waals surface area contributed by atoms with Crippen molar-refractivity contribution in [2.75, 3.05) is 26.2 Å². The standard InChI is InChI=1S/C21H30N4O2/c26-20(24-11-5-2-6-12-24)17-9-13-25(14-10-17)21(27)19-15-18(22-23-19)16-7-3-1-4-8-16/h1,3-4,7-8,17-19,22-23H,2,5-6,9-15H2. The molecule has 3 aliphatic heterocycles. The fourth-order valence-corrected chi connectivity index (χ4v) is 4.56. The van der Waals surface area contributed by atoms with Gasteiger partial charge in [0.1, 0.15) is 6.04 Å². The van der Waals surface area contributed by atoms with Crippen LogP contribution in [-0.4, -0.2) is 53.8 Å². The highest BCUT2D eigenvalue weighted by atomic mass is 16.2. The van der Waals surface area contributed by atoms with Gasteiger partial charge < -0.3 is 9.80 Å². The van der Waals surface area contributed by atoms with Crippen LogP contribution in [0, 0.1) is 5.92 Å². The summed E-state index contributed by atoms with van der Waals surface area (Å²) in [6.07, 6.45) is 5.85. The molecule has 2 atom stereocenters. The Morgan fingerprint density at radius 1 is 0.815 bits per heavy atom. The van der Waals surface area contributed by atoms with E-state index in [1.165, 1.54) is 12.0 Å². The number of nitrogens with one attached hydrogen (secondary N) is 2. The fraction of sp³-hybridized carbons (Fsp3) is 0.619. The van der Waals surface area contributed by atoms with Crippen molar-refractivity contribution in [2.45, 2.75) is 50.6 Å². The summed E-state index contributed by atoms with van der Waals surface area (Å²) in [5.74, 6) is 0.565. The quantitative estimate of drug-likeness (QED) is 0.852. The molecule has 2 N–H and O–H groups in total. The van der Waals surface area contributed by atoms with E-state index in [4.69, 9.17) is 0 Å². The lowest BCUT2D eigenvalue weighted by Crippen LogP contribution is -2.50. The number of carbonyl (C=O) groups excluding carboxylic acids is 2. The summed E-state index contributed by atoms with van der Waals surface area (Å²) in [7, 11) is 0. The normalized spacial score (nSPS) is 27.0. The van der Waals surface area contributed by atoms with Gasteiger partial charge in [0, 0.05) is 38.1 Å². The molecular weight excluding hydrogens is 340 g/mol. The van der Waals surface area contributed by atoms with E-state index < -0.39 is 0 Å². The first-order valence-electron chi connectivity index (χ1n) is 10.4. The van der Waals surface area contributed by atoms with Crippen LogP contribution in [-0.2, 0) is 9.59 Å². The summed E-state index contributed by atoms with van der Waals surface area (Å²) in [6.45, 7) is 3.21. The van der Waals surface area contributed by atoms with Crippen LogP contribution in [0.25, 0.3) is 0 Å². The Balaban J connectivity index is 1.27. The number of rotatable bonds is 3. The predicted octanol–water partition coefficient (Wildman–Crippen LogP) is 1.85. The van der Waals surface area contributed by atoms with Gasteiger partial charge in [-0.2, -0.15) is 0 Å². The Labute approximate surface area is 161 Å². The Bertz CT molecular complexity index is 651. The third-order valence-corrected chi connectivity index (χ3v) is 6.23. The van der Waals surface area contributed by atoms with Gasteiger partial charge in [0.15, 0.2) is 0 Å². The first-order valence-corrected chi connectivity index (χ1v) is 10.4. The van der Waals surface area contributed by atoms with Gasteiger partial charge in [-0.1, -0.05) is 30.3 Å². The highest BCUT2D eigenvalue weighted by Gasteiger charge is 2.36. The van der Waals surface area contributed by atoms with E-state index in [2.05, 4.69) is 23.0 Å². The van der Waals surface area contributed by atoms with Crippen molar-refractivity contribution in [3.63, 3.8) is 0 Å². The molecule has 1 aromatic carbocycles. The predicted molar refractivity (Wildman–Crippen MR) is 104 cm³/mol. The first-order chi connectivity index (χ1) is 13.2. The largest absolute Gasteiger partial charge is 0.342 e. The lowest BCUT2D eigenvalue weighted by Gasteiger charge is -2.36. The van der Waals surface area contributed by atoms with Gasteiger partial charge in [0.2, 0.25) is 11.8 Å². The van der Waals surface area contributed by atoms with Crippen LogP contribution >= 0.6 is 0 Å². The van der Waals surface area contributed by atoms with Crippen molar-refractivity contribution in [1.29, 1.82) is 0 Å². The third kappa shape index (κ3) is 4.17. The molecule has 3 heterocycles. The molecule has 146 valence electrons. The number of amides is 2. The summed E-state index contributed by atoms with van der Waals surface area (Å²) in [5, 5.41) is 0. The number of hydrogen-bond donors (Lipinski definition) is 2. The number of likely N-dealkylation sites (tertiary alicyclic amines) is 2. The minimum Gasteiger partial charge on any atom is -0.342 e. The third-order valence-electron chi connectivity index (χ3n) is 6.23. The number of benzene rings is 1. The minimum atomic E-state index is -0.190. The zero-order valence-electron chi connectivity index (χ0n) is 15.9. The Kier molecular flexibility index (Phi) is 5.74. The summed E-state index contributed by atoms with van der Waals surface area (Å²) in [6, 6.07) is 10.2.